The van der Waals surface area contributed by atoms with Crippen molar-refractivity contribution in [1.82, 2.24) is 10.6 Å². The van der Waals surface area contributed by atoms with Crippen LogP contribution in [0.1, 0.15) is 13.8 Å². The zero-order chi connectivity index (χ0) is 65.7. The first-order valence-corrected chi connectivity index (χ1v) is 28.0. The van der Waals surface area contributed by atoms with Crippen LogP contribution in [-0.4, -0.2) is 405 Å². The number of rotatable bonds is 22. The molecule has 5 heterocycles. The van der Waals surface area contributed by atoms with Gasteiger partial charge in [-0.05, 0) is 25.0 Å². The number of ether oxygens (including phenoxy) is 9. The number of carbonyl (C=O) groups is 1. The van der Waals surface area contributed by atoms with Gasteiger partial charge in [0.05, 0.1) is 76.0 Å². The van der Waals surface area contributed by atoms with Gasteiger partial charge in [-0.2, -0.15) is 0 Å². The lowest BCUT2D eigenvalue weighted by Crippen LogP contribution is -2.68. The number of aldehydes is 1. The van der Waals surface area contributed by atoms with Crippen LogP contribution in [0, 0.1) is 0 Å². The normalized spacial score (nSPS) is 48.2. The topological polar surface area (TPSA) is 650 Å². The van der Waals surface area contributed by atoms with Crippen molar-refractivity contribution in [3.8, 4) is 0 Å². The molecule has 37 atom stereocenters. The van der Waals surface area contributed by atoms with E-state index in [0.29, 0.717) is 0 Å². The van der Waals surface area contributed by atoms with Gasteiger partial charge in [0.1, 0.15) is 159 Å². The zero-order valence-corrected chi connectivity index (χ0v) is 47.0. The summed E-state index contributed by atoms with van der Waals surface area (Å²) < 4.78 is 49.4. The van der Waals surface area contributed by atoms with Gasteiger partial charge in [0.15, 0.2) is 37.7 Å². The zero-order valence-electron chi connectivity index (χ0n) is 47.0. The molecule has 5 fully saturated rings. The van der Waals surface area contributed by atoms with Gasteiger partial charge in [0, 0.05) is 0 Å². The molecule has 0 spiro atoms. The maximum Gasteiger partial charge on any atom is 0.187 e. The molecule has 2 aliphatic carbocycles. The molecule has 5 saturated heterocycles. The molecule has 5 aliphatic heterocycles. The summed E-state index contributed by atoms with van der Waals surface area (Å²) in [6.07, 6.45) is -53.4. The molecular weight excluding hydrogens is 1200 g/mol. The number of hydrogen-bond acceptors (Lipinski definition) is 38. The predicted molar refractivity (Wildman–Crippen MR) is 277 cm³/mol. The first-order chi connectivity index (χ1) is 41.5. The maximum absolute atomic E-state index is 10.9. The van der Waals surface area contributed by atoms with Gasteiger partial charge >= 0.3 is 0 Å². The minimum Gasteiger partial charge on any atom is -0.394 e. The average Bonchev–Trinajstić information content (AvgIpc) is 2.01. The fourth-order valence-electron chi connectivity index (χ4n) is 11.2. The molecule has 0 saturated carbocycles. The molecule has 0 aromatic rings. The molecule has 38 nitrogen and oxygen atoms in total. The molecule has 0 unspecified atom stereocenters. The second-order valence-electron chi connectivity index (χ2n) is 22.4. The van der Waals surface area contributed by atoms with Crippen LogP contribution in [0.25, 0.3) is 0 Å². The number of aliphatic hydroxyl groups excluding tert-OH is 26. The number of hydrogen-bond donors (Lipinski definition) is 28. The maximum atomic E-state index is 10.9. The van der Waals surface area contributed by atoms with Crippen LogP contribution >= 0.6 is 0 Å². The first kappa shape index (κ1) is 74.7. The highest BCUT2D eigenvalue weighted by Gasteiger charge is 2.56. The Balaban J connectivity index is 0.000000281. The molecule has 0 amide bonds. The Kier molecular flexibility index (Phi) is 27.7. The van der Waals surface area contributed by atoms with E-state index < -0.39 is 266 Å². The highest BCUT2D eigenvalue weighted by atomic mass is 16.8. The lowest BCUT2D eigenvalue weighted by molar-refractivity contribution is -0.373. The van der Waals surface area contributed by atoms with Crippen molar-refractivity contribution in [3.05, 3.63) is 23.3 Å². The Morgan fingerprint density at radius 1 is 0.455 bits per heavy atom. The minimum absolute atomic E-state index is 0.00900. The lowest BCUT2D eigenvalue weighted by Gasteiger charge is -2.48. The summed E-state index contributed by atoms with van der Waals surface area (Å²) in [7, 11) is 0. The van der Waals surface area contributed by atoms with Crippen LogP contribution in [0.4, 0.5) is 0 Å². The van der Waals surface area contributed by atoms with Crippen LogP contribution in [0.5, 0.6) is 0 Å². The second-order valence-corrected chi connectivity index (χ2v) is 22.4. The van der Waals surface area contributed by atoms with Crippen LogP contribution < -0.4 is 10.6 Å². The molecule has 0 radical (unpaired) electrons. The minimum atomic E-state index is -2.10. The van der Waals surface area contributed by atoms with Gasteiger partial charge in [-0.25, -0.2) is 0 Å². The van der Waals surface area contributed by atoms with Crippen molar-refractivity contribution < 1.29 is 180 Å². The molecule has 28 N–H and O–H groups in total. The van der Waals surface area contributed by atoms with E-state index in [1.54, 1.807) is 0 Å². The molecule has 38 heteroatoms. The molecule has 7 rings (SSSR count). The van der Waals surface area contributed by atoms with E-state index in [4.69, 9.17) is 42.6 Å². The molecule has 0 aromatic heterocycles. The Morgan fingerprint density at radius 2 is 0.807 bits per heavy atom. The van der Waals surface area contributed by atoms with Crippen molar-refractivity contribution >= 4 is 6.29 Å². The van der Waals surface area contributed by atoms with Gasteiger partial charge in [-0.3, -0.25) is 0 Å². The van der Waals surface area contributed by atoms with E-state index in [0.717, 1.165) is 0 Å². The van der Waals surface area contributed by atoms with E-state index in [1.165, 1.54) is 26.0 Å². The van der Waals surface area contributed by atoms with E-state index in [-0.39, 0.29) is 17.4 Å². The molecular formula is C50H86N2O36. The molecule has 512 valence electrons. The Morgan fingerprint density at radius 3 is 1.18 bits per heavy atom. The van der Waals surface area contributed by atoms with Crippen LogP contribution in [-0.2, 0) is 47.4 Å². The van der Waals surface area contributed by atoms with Gasteiger partial charge in [-0.15, -0.1) is 0 Å². The number of carbonyl (C=O) groups excluding carboxylic acids is 1. The highest BCUT2D eigenvalue weighted by molar-refractivity contribution is 5.56. The summed E-state index contributed by atoms with van der Waals surface area (Å²) in [5, 5.41) is 270. The summed E-state index contributed by atoms with van der Waals surface area (Å²) in [6.45, 7) is -1.83. The van der Waals surface area contributed by atoms with Crippen molar-refractivity contribution in [1.29, 1.82) is 0 Å². The average molecular weight is 1290 g/mol. The third kappa shape index (κ3) is 16.2. The first-order valence-electron chi connectivity index (χ1n) is 28.0. The van der Waals surface area contributed by atoms with Gasteiger partial charge < -0.3 is 191 Å². The summed E-state index contributed by atoms with van der Waals surface area (Å²) in [6, 6.07) is -4.38. The smallest absolute Gasteiger partial charge is 0.187 e. The van der Waals surface area contributed by atoms with E-state index in [9.17, 15) is 138 Å². The third-order valence-electron chi connectivity index (χ3n) is 16.5. The Bertz CT molecular complexity index is 2190. The summed E-state index contributed by atoms with van der Waals surface area (Å²) in [5.41, 5.74) is 0.0315. The van der Waals surface area contributed by atoms with Gasteiger partial charge in [0.25, 0.3) is 0 Å². The predicted octanol–water partition coefficient (Wildman–Crippen LogP) is -17.3. The molecule has 88 heavy (non-hydrogen) atoms. The largest absolute Gasteiger partial charge is 0.394 e. The Labute approximate surface area is 499 Å². The number of aliphatic hydroxyl groups is 26. The van der Waals surface area contributed by atoms with Crippen molar-refractivity contribution in [2.24, 2.45) is 0 Å². The third-order valence-corrected chi connectivity index (χ3v) is 16.5. The van der Waals surface area contributed by atoms with E-state index in [2.05, 4.69) is 10.6 Å². The van der Waals surface area contributed by atoms with Gasteiger partial charge in [0.2, 0.25) is 0 Å². The SMILES string of the molecule is C[C@H]1O[C@H](O[C@H]2[C@H](O)[C@@H](O)[C@@H](O[C@@H]([C@H](O)[C@@H](O)C=O)[C@H](O)CO)O[C@@H]2CO)[C@H](O)[C@@H](O)[C@@H]1N[C@H]1C=C(CO)[C@@H](O)[C@H](O)[C@H]1O.C[C@H]1O[C@H](O[C@H]2[C@H](O)[C@@H](O)[C@@H](O[C@H]3[C@H](O)[C@@H](O)[C@H](O)O[C@@H]3CO)O[C@@H]2CO)[C@H](O)[C@@H](O)[C@@H]1N[C@H]1C=C(CO)[C@@H](O)[C@H](O)[C@H]1O. The van der Waals surface area contributed by atoms with Crippen molar-refractivity contribution in [2.75, 3.05) is 39.6 Å². The standard InChI is InChI=1S/2C25H43NO18/c1-6-11(26-8-2-7(3-27)12(30)15(33)13(8)31)14(32)19(37)24(40-6)43-22-10(5-29)42-25(20(38)17(22)35)44-21-9(4-28)41-23(39)18(36)16(21)34;1-7-13(26-9-2-8(3-27)14(33)18(37)15(9)34)17(36)20(39)24(41-7)44-23-12(6-30)42-25(21(40)19(23)38)43-22(11(32)5-29)16(35)10(31)4-28/h2,6,8-39H,3-5H2,1H3;2,4,7,9-27,29-40H,3,5-6H2,1H3/t6-,8+,9-,10-,11-,12-,13+,14+,15+,16-,17-,18-,19-,20-,21-,22-,23-,24-,25-;7-,9+,10+,11-,12-,13-,14-,15+,16-,17+,18+,19-,20-,21-,22-,23-,24-,25-/m11/s1. The van der Waals surface area contributed by atoms with Crippen molar-refractivity contribution in [3.63, 3.8) is 0 Å². The van der Waals surface area contributed by atoms with Crippen LogP contribution in [0.15, 0.2) is 23.3 Å². The molecule has 7 aliphatic rings. The lowest BCUT2D eigenvalue weighted by atomic mass is 9.86. The monoisotopic (exact) mass is 1290 g/mol. The van der Waals surface area contributed by atoms with Gasteiger partial charge in [-0.1, -0.05) is 12.2 Å². The van der Waals surface area contributed by atoms with E-state index >= 15 is 0 Å². The van der Waals surface area contributed by atoms with Crippen LogP contribution in [0.3, 0.4) is 0 Å². The molecule has 0 bridgehead atoms. The summed E-state index contributed by atoms with van der Waals surface area (Å²) in [4.78, 5) is 10.9. The fourth-order valence-corrected chi connectivity index (χ4v) is 11.2. The number of nitrogens with one attached hydrogen (secondary N) is 2. The molecule has 0 aromatic carbocycles. The quantitative estimate of drug-likeness (QED) is 0.0353. The van der Waals surface area contributed by atoms with E-state index in [1.807, 2.05) is 0 Å². The van der Waals surface area contributed by atoms with Crippen molar-refractivity contribution in [2.45, 2.75) is 240 Å². The van der Waals surface area contributed by atoms with Crippen LogP contribution in [0.2, 0.25) is 0 Å². The summed E-state index contributed by atoms with van der Waals surface area (Å²) >= 11 is 0. The highest BCUT2D eigenvalue weighted by Crippen LogP contribution is 2.35. The Hall–Kier alpha value is -2.33. The fraction of sp³-hybridized carbons (Fsp3) is 0.900. The second kappa shape index (κ2) is 32.7. The summed E-state index contributed by atoms with van der Waals surface area (Å²) in [5.74, 6) is 0.